The molecule has 3 aromatic rings. The van der Waals surface area contributed by atoms with Crippen LogP contribution in [0.2, 0.25) is 0 Å². The molecule has 0 atom stereocenters. The fraction of sp³-hybridized carbons (Fsp3) is 0.320. The Balaban J connectivity index is 1.44. The van der Waals surface area contributed by atoms with Crippen molar-refractivity contribution in [2.45, 2.75) is 42.9 Å². The molecule has 3 heterocycles. The molecule has 0 amide bonds. The van der Waals surface area contributed by atoms with Crippen LogP contribution < -0.4 is 9.33 Å². The summed E-state index contributed by atoms with van der Waals surface area (Å²) in [4.78, 5) is 32.3. The number of quaternary nitrogens is 1. The summed E-state index contributed by atoms with van der Waals surface area (Å²) in [6.07, 6.45) is 4.34. The van der Waals surface area contributed by atoms with Gasteiger partial charge in [0, 0.05) is 47.4 Å². The van der Waals surface area contributed by atoms with E-state index in [9.17, 15) is 14.9 Å². The van der Waals surface area contributed by atoms with Crippen LogP contribution in [0, 0.1) is 10.1 Å². The fourth-order valence-corrected chi connectivity index (χ4v) is 5.08. The maximum absolute atomic E-state index is 12.2. The number of piperidine rings is 1. The largest absolute Gasteiger partial charge is 0.439 e. The fourth-order valence-electron chi connectivity index (χ4n) is 4.01. The number of rotatable bonds is 9. The molecule has 176 valence electrons. The third kappa shape index (κ3) is 5.78. The zero-order valence-corrected chi connectivity index (χ0v) is 19.8. The first-order valence-electron chi connectivity index (χ1n) is 11.3. The van der Waals surface area contributed by atoms with Gasteiger partial charge in [-0.05, 0) is 49.2 Å². The van der Waals surface area contributed by atoms with Gasteiger partial charge in [-0.15, -0.1) is 11.8 Å². The van der Waals surface area contributed by atoms with E-state index in [0.717, 1.165) is 10.6 Å². The number of ketones is 1. The smallest absolute Gasteiger partial charge is 0.292 e. The van der Waals surface area contributed by atoms with Gasteiger partial charge in [0.2, 0.25) is 10.9 Å². The molecule has 2 aromatic heterocycles. The van der Waals surface area contributed by atoms with Crippen molar-refractivity contribution in [1.29, 1.82) is 0 Å². The SMILES string of the molecule is CC(=O)CCc1ccc(Oc2cccc([N+]3([N+](=O)[O-])CCC(Sc4ccccn4)CC3)n2)cc1. The Hall–Kier alpha value is -3.30. The van der Waals surface area contributed by atoms with Crippen LogP contribution >= 0.6 is 11.8 Å². The van der Waals surface area contributed by atoms with Gasteiger partial charge in [0.1, 0.15) is 24.6 Å². The second-order valence-electron chi connectivity index (χ2n) is 8.37. The maximum atomic E-state index is 12.2. The minimum atomic E-state index is -0.402. The highest BCUT2D eigenvalue weighted by atomic mass is 32.2. The Morgan fingerprint density at radius 3 is 2.53 bits per heavy atom. The molecule has 9 heteroatoms. The van der Waals surface area contributed by atoms with Crippen molar-refractivity contribution in [1.82, 2.24) is 14.6 Å². The van der Waals surface area contributed by atoms with Gasteiger partial charge >= 0.3 is 0 Å². The van der Waals surface area contributed by atoms with E-state index in [1.165, 1.54) is 0 Å². The van der Waals surface area contributed by atoms with Crippen LogP contribution in [-0.2, 0) is 11.2 Å². The molecule has 0 radical (unpaired) electrons. The summed E-state index contributed by atoms with van der Waals surface area (Å²) < 4.78 is 5.49. The number of aryl methyl sites for hydroxylation is 1. The van der Waals surface area contributed by atoms with Gasteiger partial charge in [0.15, 0.2) is 0 Å². The number of thioether (sulfide) groups is 1. The summed E-state index contributed by atoms with van der Waals surface area (Å²) in [7, 11) is 0. The molecule has 0 spiro atoms. The number of pyridine rings is 2. The Labute approximate surface area is 202 Å². The molecule has 1 aliphatic heterocycles. The molecule has 1 fully saturated rings. The van der Waals surface area contributed by atoms with E-state index in [4.69, 9.17) is 4.74 Å². The van der Waals surface area contributed by atoms with Crippen molar-refractivity contribution >= 4 is 23.4 Å². The van der Waals surface area contributed by atoms with Gasteiger partial charge in [0.25, 0.3) is 5.82 Å². The Bertz CT molecular complexity index is 1130. The molecule has 8 nitrogen and oxygen atoms in total. The second kappa shape index (κ2) is 10.8. The van der Waals surface area contributed by atoms with E-state index < -0.39 is 4.59 Å². The Morgan fingerprint density at radius 2 is 1.88 bits per heavy atom. The monoisotopic (exact) mass is 479 g/mol. The topological polar surface area (TPSA) is 95.2 Å². The van der Waals surface area contributed by atoms with Gasteiger partial charge < -0.3 is 9.53 Å². The highest BCUT2D eigenvalue weighted by Gasteiger charge is 2.48. The van der Waals surface area contributed by atoms with Crippen molar-refractivity contribution in [3.63, 3.8) is 0 Å². The van der Waals surface area contributed by atoms with Crippen molar-refractivity contribution < 1.29 is 14.6 Å². The van der Waals surface area contributed by atoms with Crippen molar-refractivity contribution in [3.8, 4) is 11.6 Å². The summed E-state index contributed by atoms with van der Waals surface area (Å²) in [5.74, 6) is 1.44. The minimum absolute atomic E-state index is 0.156. The van der Waals surface area contributed by atoms with E-state index in [-0.39, 0.29) is 16.1 Å². The quantitative estimate of drug-likeness (QED) is 0.235. The summed E-state index contributed by atoms with van der Waals surface area (Å²) in [6, 6.07) is 18.4. The van der Waals surface area contributed by atoms with E-state index in [1.54, 1.807) is 43.1 Å². The lowest BCUT2D eigenvalue weighted by Crippen LogP contribution is -2.59. The average Bonchev–Trinajstić information content (AvgIpc) is 2.85. The molecule has 0 aliphatic carbocycles. The number of carbonyl (C=O) groups excluding carboxylic acids is 1. The lowest BCUT2D eigenvalue weighted by molar-refractivity contribution is -0.645. The van der Waals surface area contributed by atoms with Crippen LogP contribution in [0.5, 0.6) is 11.6 Å². The van der Waals surface area contributed by atoms with Crippen LogP contribution in [0.3, 0.4) is 0 Å². The molecule has 34 heavy (non-hydrogen) atoms. The van der Waals surface area contributed by atoms with Crippen LogP contribution in [0.1, 0.15) is 31.7 Å². The Morgan fingerprint density at radius 1 is 1.12 bits per heavy atom. The highest BCUT2D eigenvalue weighted by Crippen LogP contribution is 2.35. The molecule has 1 aliphatic rings. The number of nitrogens with zero attached hydrogens (tertiary/aromatic N) is 4. The van der Waals surface area contributed by atoms with Crippen LogP contribution in [-0.4, -0.2) is 39.1 Å². The van der Waals surface area contributed by atoms with Gasteiger partial charge in [0.05, 0.1) is 5.03 Å². The van der Waals surface area contributed by atoms with E-state index in [2.05, 4.69) is 9.97 Å². The van der Waals surface area contributed by atoms with Crippen molar-refractivity contribution in [2.24, 2.45) is 0 Å². The summed E-state index contributed by atoms with van der Waals surface area (Å²) in [5, 5.41) is 13.2. The van der Waals surface area contributed by atoms with Crippen LogP contribution in [0.15, 0.2) is 71.9 Å². The molecular formula is C25H27N4O4S+. The molecule has 0 N–H and O–H groups in total. The zero-order chi connectivity index (χ0) is 24.0. The molecule has 0 saturated carbocycles. The standard InChI is InChI=1S/C25H27N4O4S/c1-19(30)8-9-20-10-12-21(13-11-20)33-24-6-4-5-23(27-24)29(28(31)32)17-14-22(15-18-29)34-25-7-2-3-16-26-25/h2-7,10-13,16,22H,8-9,14-15,17-18H2,1H3/q+1. The number of Topliss-reactive ketones (excluding diaryl/α,β-unsaturated/α-hetero) is 1. The molecule has 4 rings (SSSR count). The van der Waals surface area contributed by atoms with Crippen LogP contribution in [0.4, 0.5) is 5.82 Å². The number of nitro groups is 1. The molecule has 0 bridgehead atoms. The molecule has 1 aromatic carbocycles. The van der Waals surface area contributed by atoms with E-state index in [0.29, 0.717) is 56.2 Å². The minimum Gasteiger partial charge on any atom is -0.439 e. The first-order chi connectivity index (χ1) is 16.4. The van der Waals surface area contributed by atoms with E-state index in [1.807, 2.05) is 42.5 Å². The summed E-state index contributed by atoms with van der Waals surface area (Å²) >= 11 is 1.68. The third-order valence-electron chi connectivity index (χ3n) is 5.93. The van der Waals surface area contributed by atoms with Gasteiger partial charge in [-0.3, -0.25) is 0 Å². The number of carbonyl (C=O) groups is 1. The predicted octanol–water partition coefficient (Wildman–Crippen LogP) is 5.24. The number of hydrogen-bond acceptors (Lipinski definition) is 7. The molecule has 0 unspecified atom stereocenters. The van der Waals surface area contributed by atoms with Gasteiger partial charge in [-0.2, -0.15) is 4.98 Å². The number of ether oxygens (including phenoxy) is 1. The van der Waals surface area contributed by atoms with Crippen molar-refractivity contribution in [3.05, 3.63) is 82.5 Å². The maximum Gasteiger partial charge on any atom is 0.292 e. The average molecular weight is 480 g/mol. The first kappa shape index (κ1) is 23.8. The summed E-state index contributed by atoms with van der Waals surface area (Å²) in [5.41, 5.74) is 1.05. The normalized spacial score (nSPS) is 20.0. The number of benzene rings is 1. The molecular weight excluding hydrogens is 452 g/mol. The van der Waals surface area contributed by atoms with Crippen LogP contribution in [0.25, 0.3) is 0 Å². The second-order valence-corrected chi connectivity index (χ2v) is 9.70. The van der Waals surface area contributed by atoms with E-state index >= 15 is 0 Å². The highest BCUT2D eigenvalue weighted by molar-refractivity contribution is 7.99. The Kier molecular flexibility index (Phi) is 7.54. The number of hydrogen-bond donors (Lipinski definition) is 0. The van der Waals surface area contributed by atoms with Gasteiger partial charge in [-0.25, -0.2) is 15.1 Å². The first-order valence-corrected chi connectivity index (χ1v) is 12.2. The number of aromatic nitrogens is 2. The lowest BCUT2D eigenvalue weighted by Gasteiger charge is -2.32. The summed E-state index contributed by atoms with van der Waals surface area (Å²) in [6.45, 7) is 2.30. The zero-order valence-electron chi connectivity index (χ0n) is 19.0. The predicted molar refractivity (Wildman–Crippen MR) is 131 cm³/mol. The van der Waals surface area contributed by atoms with Crippen molar-refractivity contribution in [2.75, 3.05) is 13.1 Å². The lowest BCUT2D eigenvalue weighted by atomic mass is 10.1. The molecule has 1 saturated heterocycles. The van der Waals surface area contributed by atoms with Gasteiger partial charge in [-0.1, -0.05) is 18.2 Å². The third-order valence-corrected chi connectivity index (χ3v) is 7.21.